The number of hydrogen-bond acceptors (Lipinski definition) is 4. The molecule has 0 aliphatic carbocycles. The fraction of sp³-hybridized carbons (Fsp3) is 0.909. The van der Waals surface area contributed by atoms with Crippen LogP contribution in [0.5, 0.6) is 0 Å². The summed E-state index contributed by atoms with van der Waals surface area (Å²) < 4.78 is 10.4. The third-order valence-corrected chi connectivity index (χ3v) is 4.84. The van der Waals surface area contributed by atoms with Crippen LogP contribution in [0.15, 0.2) is 0 Å². The van der Waals surface area contributed by atoms with Crippen molar-refractivity contribution < 1.29 is 19.1 Å². The van der Waals surface area contributed by atoms with E-state index in [1.807, 2.05) is 0 Å². The van der Waals surface area contributed by atoms with E-state index in [-0.39, 0.29) is 11.9 Å². The highest BCUT2D eigenvalue weighted by atomic mass is 16.5. The Morgan fingerprint density at radius 3 is 1.73 bits per heavy atom. The van der Waals surface area contributed by atoms with Crippen LogP contribution in [-0.4, -0.2) is 25.2 Å². The Kier molecular flexibility index (Phi) is 18.0. The molecule has 0 bridgehead atoms. The molecular formula is C22H42O4. The van der Waals surface area contributed by atoms with Gasteiger partial charge < -0.3 is 9.47 Å². The molecule has 0 aliphatic heterocycles. The van der Waals surface area contributed by atoms with Gasteiger partial charge in [-0.05, 0) is 25.2 Å². The molecule has 154 valence electrons. The zero-order chi connectivity index (χ0) is 19.5. The number of rotatable bonds is 18. The summed E-state index contributed by atoms with van der Waals surface area (Å²) in [6.45, 7) is 7.51. The number of unbranched alkanes of at least 4 members (excludes halogenated alkanes) is 8. The molecule has 0 radical (unpaired) electrons. The quantitative estimate of drug-likeness (QED) is 0.212. The van der Waals surface area contributed by atoms with Gasteiger partial charge in [0, 0.05) is 12.8 Å². The lowest BCUT2D eigenvalue weighted by molar-refractivity contribution is -0.145. The minimum Gasteiger partial charge on any atom is -0.466 e. The zero-order valence-electron chi connectivity index (χ0n) is 17.5. The second-order valence-corrected chi connectivity index (χ2v) is 7.43. The van der Waals surface area contributed by atoms with Gasteiger partial charge in [0.1, 0.15) is 0 Å². The minimum atomic E-state index is -0.208. The van der Waals surface area contributed by atoms with Crippen molar-refractivity contribution in [1.82, 2.24) is 0 Å². The Morgan fingerprint density at radius 1 is 0.692 bits per heavy atom. The highest BCUT2D eigenvalue weighted by Crippen LogP contribution is 2.10. The molecule has 0 amide bonds. The fourth-order valence-corrected chi connectivity index (χ4v) is 2.70. The van der Waals surface area contributed by atoms with Crippen molar-refractivity contribution in [2.45, 2.75) is 111 Å². The molecule has 0 saturated carbocycles. The number of hydrogen-bond donors (Lipinski definition) is 0. The summed E-state index contributed by atoms with van der Waals surface area (Å²) in [5.74, 6) is 0.177. The van der Waals surface area contributed by atoms with Crippen LogP contribution in [0.25, 0.3) is 0 Å². The Hall–Kier alpha value is -1.06. The van der Waals surface area contributed by atoms with Crippen molar-refractivity contribution >= 4 is 11.9 Å². The van der Waals surface area contributed by atoms with Crippen molar-refractivity contribution in [1.29, 1.82) is 0 Å². The monoisotopic (exact) mass is 370 g/mol. The van der Waals surface area contributed by atoms with Crippen LogP contribution in [0.1, 0.15) is 111 Å². The first-order valence-corrected chi connectivity index (χ1v) is 10.9. The second kappa shape index (κ2) is 18.7. The summed E-state index contributed by atoms with van der Waals surface area (Å²) in [5, 5.41) is 0. The topological polar surface area (TPSA) is 52.6 Å². The maximum Gasteiger partial charge on any atom is 0.305 e. The van der Waals surface area contributed by atoms with Gasteiger partial charge in [-0.1, -0.05) is 78.6 Å². The number of ether oxygens (including phenoxy) is 2. The second-order valence-electron chi connectivity index (χ2n) is 7.43. The SMILES string of the molecule is CCCCCCCCCCCOC(=O)CCCC(=O)OCCC(C)CC. The first-order chi connectivity index (χ1) is 12.6. The molecule has 0 saturated heterocycles. The normalized spacial score (nSPS) is 12.0. The van der Waals surface area contributed by atoms with Gasteiger partial charge in [-0.25, -0.2) is 0 Å². The van der Waals surface area contributed by atoms with Gasteiger partial charge in [0.15, 0.2) is 0 Å². The first kappa shape index (κ1) is 24.9. The standard InChI is InChI=1S/C22H42O4/c1-4-6-7-8-9-10-11-12-13-18-25-21(23)15-14-16-22(24)26-19-17-20(3)5-2/h20H,4-19H2,1-3H3. The molecule has 0 aromatic heterocycles. The van der Waals surface area contributed by atoms with Crippen LogP contribution in [0, 0.1) is 5.92 Å². The van der Waals surface area contributed by atoms with Crippen molar-refractivity contribution in [3.05, 3.63) is 0 Å². The first-order valence-electron chi connectivity index (χ1n) is 10.9. The van der Waals surface area contributed by atoms with Gasteiger partial charge in [-0.15, -0.1) is 0 Å². The van der Waals surface area contributed by atoms with Crippen LogP contribution in [0.3, 0.4) is 0 Å². The average Bonchev–Trinajstić information content (AvgIpc) is 2.63. The molecular weight excluding hydrogens is 328 g/mol. The van der Waals surface area contributed by atoms with Gasteiger partial charge in [-0.3, -0.25) is 9.59 Å². The lowest BCUT2D eigenvalue weighted by Crippen LogP contribution is -2.10. The van der Waals surface area contributed by atoms with E-state index >= 15 is 0 Å². The molecule has 1 unspecified atom stereocenters. The highest BCUT2D eigenvalue weighted by molar-refractivity contribution is 5.72. The number of carbonyl (C=O) groups excluding carboxylic acids is 2. The largest absolute Gasteiger partial charge is 0.466 e. The molecule has 4 nitrogen and oxygen atoms in total. The lowest BCUT2D eigenvalue weighted by Gasteiger charge is -2.09. The van der Waals surface area contributed by atoms with Crippen molar-refractivity contribution in [2.24, 2.45) is 5.92 Å². The predicted octanol–water partition coefficient (Wildman–Crippen LogP) is 6.21. The lowest BCUT2D eigenvalue weighted by atomic mass is 10.1. The van der Waals surface area contributed by atoms with Crippen LogP contribution >= 0.6 is 0 Å². The summed E-state index contributed by atoms with van der Waals surface area (Å²) in [6.07, 6.45) is 14.4. The van der Waals surface area contributed by atoms with Gasteiger partial charge in [-0.2, -0.15) is 0 Å². The van der Waals surface area contributed by atoms with E-state index in [4.69, 9.17) is 9.47 Å². The Labute approximate surface area is 161 Å². The summed E-state index contributed by atoms with van der Waals surface area (Å²) >= 11 is 0. The van der Waals surface area contributed by atoms with Crippen molar-refractivity contribution in [3.63, 3.8) is 0 Å². The molecule has 4 heteroatoms. The van der Waals surface area contributed by atoms with Crippen molar-refractivity contribution in [3.8, 4) is 0 Å². The molecule has 0 aromatic carbocycles. The number of carbonyl (C=O) groups is 2. The molecule has 26 heavy (non-hydrogen) atoms. The Morgan fingerprint density at radius 2 is 1.19 bits per heavy atom. The summed E-state index contributed by atoms with van der Waals surface area (Å²) in [6, 6.07) is 0. The van der Waals surface area contributed by atoms with E-state index in [9.17, 15) is 9.59 Å². The van der Waals surface area contributed by atoms with E-state index in [0.717, 1.165) is 25.7 Å². The molecule has 0 fully saturated rings. The van der Waals surface area contributed by atoms with Crippen LogP contribution in [0.2, 0.25) is 0 Å². The smallest absolute Gasteiger partial charge is 0.305 e. The Balaban J connectivity index is 3.35. The third kappa shape index (κ3) is 17.8. The van der Waals surface area contributed by atoms with E-state index < -0.39 is 0 Å². The van der Waals surface area contributed by atoms with E-state index in [1.165, 1.54) is 44.9 Å². The fourth-order valence-electron chi connectivity index (χ4n) is 2.70. The minimum absolute atomic E-state index is 0.197. The van der Waals surface area contributed by atoms with Gasteiger partial charge in [0.2, 0.25) is 0 Å². The summed E-state index contributed by atoms with van der Waals surface area (Å²) in [7, 11) is 0. The van der Waals surface area contributed by atoms with Gasteiger partial charge in [0.05, 0.1) is 13.2 Å². The molecule has 0 rings (SSSR count). The molecule has 0 heterocycles. The average molecular weight is 371 g/mol. The number of esters is 2. The van der Waals surface area contributed by atoms with Crippen LogP contribution in [-0.2, 0) is 19.1 Å². The molecule has 0 aromatic rings. The van der Waals surface area contributed by atoms with Crippen LogP contribution in [0.4, 0.5) is 0 Å². The van der Waals surface area contributed by atoms with Gasteiger partial charge >= 0.3 is 11.9 Å². The van der Waals surface area contributed by atoms with E-state index in [2.05, 4.69) is 20.8 Å². The predicted molar refractivity (Wildman–Crippen MR) is 107 cm³/mol. The molecule has 0 spiro atoms. The van der Waals surface area contributed by atoms with Crippen LogP contribution < -0.4 is 0 Å². The van der Waals surface area contributed by atoms with E-state index in [1.54, 1.807) is 0 Å². The molecule has 1 atom stereocenters. The maximum atomic E-state index is 11.6. The zero-order valence-corrected chi connectivity index (χ0v) is 17.5. The van der Waals surface area contributed by atoms with Crippen molar-refractivity contribution in [2.75, 3.05) is 13.2 Å². The van der Waals surface area contributed by atoms with E-state index in [0.29, 0.717) is 38.4 Å². The van der Waals surface area contributed by atoms with Gasteiger partial charge in [0.25, 0.3) is 0 Å². The third-order valence-electron chi connectivity index (χ3n) is 4.84. The molecule has 0 aliphatic rings. The summed E-state index contributed by atoms with van der Waals surface area (Å²) in [4.78, 5) is 23.2. The maximum absolute atomic E-state index is 11.6. The summed E-state index contributed by atoms with van der Waals surface area (Å²) in [5.41, 5.74) is 0. The Bertz CT molecular complexity index is 341. The molecule has 0 N–H and O–H groups in total. The highest BCUT2D eigenvalue weighted by Gasteiger charge is 2.08.